The molecular formula is C21H28N2O3. The standard InChI is InChI=1S/C21H28N2O3/c1-13-6-5-7-20(14(13)2)22-21(24)17-8-10-18(11-9-17)25-12-19-15(3)23-26-16(19)4/h8-11,13-14,20H,5-7,12H2,1-4H3,(H,22,24). The molecule has 26 heavy (non-hydrogen) atoms. The van der Waals surface area contributed by atoms with Crippen molar-refractivity contribution >= 4 is 5.91 Å². The van der Waals surface area contributed by atoms with E-state index in [4.69, 9.17) is 9.26 Å². The predicted octanol–water partition coefficient (Wildman–Crippen LogP) is 4.42. The summed E-state index contributed by atoms with van der Waals surface area (Å²) in [5.41, 5.74) is 2.47. The van der Waals surface area contributed by atoms with Crippen LogP contribution in [0.5, 0.6) is 5.75 Å². The van der Waals surface area contributed by atoms with Gasteiger partial charge in [0.1, 0.15) is 18.1 Å². The third-order valence-corrected chi connectivity index (χ3v) is 5.70. The molecule has 0 saturated heterocycles. The number of nitrogens with one attached hydrogen (secondary N) is 1. The second-order valence-corrected chi connectivity index (χ2v) is 7.46. The number of hydrogen-bond acceptors (Lipinski definition) is 4. The zero-order valence-electron chi connectivity index (χ0n) is 16.0. The Hall–Kier alpha value is -2.30. The minimum atomic E-state index is -0.00627. The highest BCUT2D eigenvalue weighted by atomic mass is 16.5. The molecule has 1 aliphatic rings. The highest BCUT2D eigenvalue weighted by molar-refractivity contribution is 5.94. The van der Waals surface area contributed by atoms with Crippen LogP contribution in [0.15, 0.2) is 28.8 Å². The van der Waals surface area contributed by atoms with E-state index in [0.717, 1.165) is 29.2 Å². The number of rotatable bonds is 5. The van der Waals surface area contributed by atoms with Crippen LogP contribution in [-0.4, -0.2) is 17.1 Å². The van der Waals surface area contributed by atoms with Gasteiger partial charge < -0.3 is 14.6 Å². The van der Waals surface area contributed by atoms with Crippen LogP contribution in [0.2, 0.25) is 0 Å². The number of aromatic nitrogens is 1. The van der Waals surface area contributed by atoms with Gasteiger partial charge in [-0.2, -0.15) is 0 Å². The molecule has 5 nitrogen and oxygen atoms in total. The Balaban J connectivity index is 1.57. The highest BCUT2D eigenvalue weighted by Crippen LogP contribution is 2.29. The molecule has 0 bridgehead atoms. The fourth-order valence-electron chi connectivity index (χ4n) is 3.60. The van der Waals surface area contributed by atoms with Gasteiger partial charge >= 0.3 is 0 Å². The lowest BCUT2D eigenvalue weighted by Gasteiger charge is -2.34. The monoisotopic (exact) mass is 356 g/mol. The minimum absolute atomic E-state index is 0.00627. The van der Waals surface area contributed by atoms with E-state index in [9.17, 15) is 4.79 Å². The summed E-state index contributed by atoms with van der Waals surface area (Å²) >= 11 is 0. The fourth-order valence-corrected chi connectivity index (χ4v) is 3.60. The van der Waals surface area contributed by atoms with Crippen molar-refractivity contribution in [3.63, 3.8) is 0 Å². The van der Waals surface area contributed by atoms with Crippen molar-refractivity contribution in [2.24, 2.45) is 11.8 Å². The molecule has 2 aromatic rings. The summed E-state index contributed by atoms with van der Waals surface area (Å²) in [7, 11) is 0. The Kier molecular flexibility index (Phi) is 5.64. The van der Waals surface area contributed by atoms with Crippen molar-refractivity contribution in [3.8, 4) is 5.75 Å². The SMILES string of the molecule is Cc1noc(C)c1COc1ccc(C(=O)NC2CCCC(C)C2C)cc1. The molecule has 1 fully saturated rings. The van der Waals surface area contributed by atoms with E-state index in [1.807, 2.05) is 38.1 Å². The number of hydrogen-bond donors (Lipinski definition) is 1. The first kappa shape index (κ1) is 18.5. The van der Waals surface area contributed by atoms with Gasteiger partial charge in [-0.25, -0.2) is 0 Å². The van der Waals surface area contributed by atoms with Gasteiger partial charge in [-0.15, -0.1) is 0 Å². The van der Waals surface area contributed by atoms with Crippen LogP contribution in [0, 0.1) is 25.7 Å². The number of nitrogens with zero attached hydrogens (tertiary/aromatic N) is 1. The quantitative estimate of drug-likeness (QED) is 0.861. The number of carbonyl (C=O) groups is 1. The van der Waals surface area contributed by atoms with Gasteiger partial charge in [0.15, 0.2) is 0 Å². The van der Waals surface area contributed by atoms with Gasteiger partial charge in [-0.3, -0.25) is 4.79 Å². The van der Waals surface area contributed by atoms with Crippen molar-refractivity contribution < 1.29 is 14.1 Å². The lowest BCUT2D eigenvalue weighted by molar-refractivity contribution is 0.0891. The summed E-state index contributed by atoms with van der Waals surface area (Å²) in [5, 5.41) is 7.13. The molecule has 5 heteroatoms. The van der Waals surface area contributed by atoms with Crippen molar-refractivity contribution in [3.05, 3.63) is 46.8 Å². The normalized spacial score (nSPS) is 22.8. The maximum atomic E-state index is 12.5. The Morgan fingerprint density at radius 1 is 1.23 bits per heavy atom. The van der Waals surface area contributed by atoms with Crippen molar-refractivity contribution in [2.75, 3.05) is 0 Å². The third kappa shape index (κ3) is 4.09. The first-order valence-electron chi connectivity index (χ1n) is 9.41. The van der Waals surface area contributed by atoms with Crippen molar-refractivity contribution in [2.45, 2.75) is 59.6 Å². The molecule has 1 heterocycles. The molecule has 1 aromatic carbocycles. The van der Waals surface area contributed by atoms with Gasteiger partial charge in [0.2, 0.25) is 0 Å². The van der Waals surface area contributed by atoms with E-state index in [2.05, 4.69) is 24.3 Å². The largest absolute Gasteiger partial charge is 0.489 e. The number of carbonyl (C=O) groups excluding carboxylic acids is 1. The molecule has 1 aromatic heterocycles. The molecule has 3 atom stereocenters. The maximum Gasteiger partial charge on any atom is 0.251 e. The lowest BCUT2D eigenvalue weighted by atomic mass is 9.78. The van der Waals surface area contributed by atoms with Gasteiger partial charge in [0.25, 0.3) is 5.91 Å². The molecule has 3 rings (SSSR count). The van der Waals surface area contributed by atoms with Crippen molar-refractivity contribution in [1.82, 2.24) is 10.5 Å². The van der Waals surface area contributed by atoms with Gasteiger partial charge in [0, 0.05) is 11.6 Å². The third-order valence-electron chi connectivity index (χ3n) is 5.70. The Morgan fingerprint density at radius 3 is 2.62 bits per heavy atom. The summed E-state index contributed by atoms with van der Waals surface area (Å²) in [6.45, 7) is 8.69. The molecule has 140 valence electrons. The Morgan fingerprint density at radius 2 is 1.96 bits per heavy atom. The zero-order valence-corrected chi connectivity index (χ0v) is 16.0. The fraction of sp³-hybridized carbons (Fsp3) is 0.524. The summed E-state index contributed by atoms with van der Waals surface area (Å²) in [5.74, 6) is 2.67. The highest BCUT2D eigenvalue weighted by Gasteiger charge is 2.28. The number of ether oxygens (including phenoxy) is 1. The second-order valence-electron chi connectivity index (χ2n) is 7.46. The second kappa shape index (κ2) is 7.94. The first-order chi connectivity index (χ1) is 12.5. The molecule has 1 aliphatic carbocycles. The van der Waals surface area contributed by atoms with Crippen LogP contribution in [0.4, 0.5) is 0 Å². The topological polar surface area (TPSA) is 64.4 Å². The average Bonchev–Trinajstić information content (AvgIpc) is 2.95. The van der Waals surface area contributed by atoms with Gasteiger partial charge in [-0.05, 0) is 56.4 Å². The van der Waals surface area contributed by atoms with E-state index >= 15 is 0 Å². The van der Waals surface area contributed by atoms with Crippen LogP contribution in [-0.2, 0) is 6.61 Å². The van der Waals surface area contributed by atoms with Crippen LogP contribution >= 0.6 is 0 Å². The summed E-state index contributed by atoms with van der Waals surface area (Å²) in [6, 6.07) is 7.56. The van der Waals surface area contributed by atoms with Crippen LogP contribution in [0.3, 0.4) is 0 Å². The Bertz CT molecular complexity index is 732. The molecule has 1 saturated carbocycles. The summed E-state index contributed by atoms with van der Waals surface area (Å²) in [6.07, 6.45) is 3.51. The number of aryl methyl sites for hydroxylation is 2. The zero-order chi connectivity index (χ0) is 18.7. The molecule has 0 radical (unpaired) electrons. The number of benzene rings is 1. The van der Waals surface area contributed by atoms with Crippen molar-refractivity contribution in [1.29, 1.82) is 0 Å². The average molecular weight is 356 g/mol. The molecule has 1 amide bonds. The van der Waals surface area contributed by atoms with E-state index in [1.165, 1.54) is 12.8 Å². The number of amides is 1. The van der Waals surface area contributed by atoms with Crippen LogP contribution in [0.25, 0.3) is 0 Å². The summed E-state index contributed by atoms with van der Waals surface area (Å²) in [4.78, 5) is 12.5. The van der Waals surface area contributed by atoms with Gasteiger partial charge in [0.05, 0.1) is 11.3 Å². The first-order valence-corrected chi connectivity index (χ1v) is 9.41. The molecule has 0 aliphatic heterocycles. The molecule has 1 N–H and O–H groups in total. The molecule has 3 unspecified atom stereocenters. The van der Waals surface area contributed by atoms with Crippen LogP contribution in [0.1, 0.15) is 60.5 Å². The molecule has 0 spiro atoms. The van der Waals surface area contributed by atoms with E-state index in [1.54, 1.807) is 0 Å². The molecular weight excluding hydrogens is 328 g/mol. The minimum Gasteiger partial charge on any atom is -0.489 e. The van der Waals surface area contributed by atoms with E-state index < -0.39 is 0 Å². The van der Waals surface area contributed by atoms with E-state index in [-0.39, 0.29) is 11.9 Å². The maximum absolute atomic E-state index is 12.5. The van der Waals surface area contributed by atoms with E-state index in [0.29, 0.717) is 24.0 Å². The summed E-state index contributed by atoms with van der Waals surface area (Å²) < 4.78 is 10.9. The smallest absolute Gasteiger partial charge is 0.251 e. The lowest BCUT2D eigenvalue weighted by Crippen LogP contribution is -2.43. The Labute approximate surface area is 155 Å². The van der Waals surface area contributed by atoms with Gasteiger partial charge in [-0.1, -0.05) is 31.8 Å². The van der Waals surface area contributed by atoms with Crippen LogP contribution < -0.4 is 10.1 Å². The predicted molar refractivity (Wildman–Crippen MR) is 100 cm³/mol.